The van der Waals surface area contributed by atoms with Crippen LogP contribution in [0.1, 0.15) is 0 Å². The first kappa shape index (κ1) is 18.2. The van der Waals surface area contributed by atoms with E-state index in [-0.39, 0.29) is 0 Å². The summed E-state index contributed by atoms with van der Waals surface area (Å²) in [6, 6.07) is 0. The average Bonchev–Trinajstić information content (AvgIpc) is 2.35. The van der Waals surface area contributed by atoms with Crippen LogP contribution in [-0.2, 0) is 10.0 Å². The molecule has 126 valence electrons. The van der Waals surface area contributed by atoms with E-state index in [1.54, 1.807) is 0 Å². The maximum absolute atomic E-state index is 13.2. The van der Waals surface area contributed by atoms with Crippen molar-refractivity contribution < 1.29 is 52.4 Å². The van der Waals surface area contributed by atoms with E-state index in [4.69, 9.17) is 0 Å². The van der Waals surface area contributed by atoms with E-state index in [0.29, 0.717) is 0 Å². The summed E-state index contributed by atoms with van der Waals surface area (Å²) in [6.45, 7) is 0. The Kier molecular flexibility index (Phi) is 4.26. The van der Waals surface area contributed by atoms with Crippen molar-refractivity contribution in [2.45, 2.75) is 11.4 Å². The largest absolute Gasteiger partial charge is 0.471 e. The summed E-state index contributed by atoms with van der Waals surface area (Å²) in [6.07, 6.45) is -6.88. The molecular formula is C7F10N2O2S. The van der Waals surface area contributed by atoms with Gasteiger partial charge < -0.3 is 0 Å². The fraction of sp³-hybridized carbons (Fsp3) is 0.286. The topological polar surface area (TPSA) is 50.3 Å². The van der Waals surface area contributed by atoms with E-state index in [0.717, 1.165) is 0 Å². The molecule has 22 heavy (non-hydrogen) atoms. The van der Waals surface area contributed by atoms with Crippen molar-refractivity contribution in [2.75, 3.05) is 4.53 Å². The monoisotopic (exact) mass is 366 g/mol. The molecule has 0 saturated heterocycles. The van der Waals surface area contributed by atoms with Gasteiger partial charge in [-0.15, -0.1) is 0 Å². The third-order valence-electron chi connectivity index (χ3n) is 2.02. The quantitative estimate of drug-likeness (QED) is 0.470. The molecule has 0 spiro atoms. The Hall–Kier alpha value is -1.80. The number of hydrogen-bond donors (Lipinski definition) is 0. The number of hydrogen-bond acceptors (Lipinski definition) is 3. The smallest absolute Gasteiger partial charge is 0.199 e. The van der Waals surface area contributed by atoms with Crippen LogP contribution in [0, 0.1) is 23.5 Å². The molecule has 0 bridgehead atoms. The second-order valence-electron chi connectivity index (χ2n) is 3.40. The van der Waals surface area contributed by atoms with Gasteiger partial charge in [0, 0.05) is 0 Å². The van der Waals surface area contributed by atoms with Gasteiger partial charge in [0.05, 0.1) is 0 Å². The lowest BCUT2D eigenvalue weighted by molar-refractivity contribution is -0.241. The lowest BCUT2D eigenvalue weighted by atomic mass is 10.4. The molecule has 0 aromatic carbocycles. The highest BCUT2D eigenvalue weighted by atomic mass is 32.2. The van der Waals surface area contributed by atoms with Gasteiger partial charge in [-0.2, -0.15) is 52.9 Å². The van der Waals surface area contributed by atoms with E-state index in [2.05, 4.69) is 0 Å². The van der Waals surface area contributed by atoms with Gasteiger partial charge in [-0.3, -0.25) is 0 Å². The zero-order valence-corrected chi connectivity index (χ0v) is 10.2. The predicted octanol–water partition coefficient (Wildman–Crippen LogP) is 2.81. The van der Waals surface area contributed by atoms with Crippen molar-refractivity contribution in [3.63, 3.8) is 0 Å². The van der Waals surface area contributed by atoms with E-state index >= 15 is 0 Å². The van der Waals surface area contributed by atoms with Gasteiger partial charge in [-0.05, 0) is 0 Å². The molecule has 1 heterocycles. The van der Waals surface area contributed by atoms with Gasteiger partial charge in [0.15, 0.2) is 5.69 Å². The van der Waals surface area contributed by atoms with Crippen LogP contribution < -0.4 is 4.53 Å². The van der Waals surface area contributed by atoms with Gasteiger partial charge in [0.1, 0.15) is 0 Å². The van der Waals surface area contributed by atoms with E-state index in [1.165, 1.54) is 0 Å². The summed E-state index contributed by atoms with van der Waals surface area (Å²) in [5.41, 5.74) is -2.98. The first-order chi connectivity index (χ1) is 9.66. The predicted molar refractivity (Wildman–Crippen MR) is 47.6 cm³/mol. The van der Waals surface area contributed by atoms with E-state index in [9.17, 15) is 52.4 Å². The molecule has 0 radical (unpaired) electrons. The van der Waals surface area contributed by atoms with Crippen molar-refractivity contribution in [1.82, 2.24) is 4.98 Å². The van der Waals surface area contributed by atoms with Gasteiger partial charge >= 0.3 is 21.5 Å². The Morgan fingerprint density at radius 3 is 1.55 bits per heavy atom. The standard InChI is InChI=1S/C7F10N2O2S/c8-1-3(2(9)5(11)18-4(1)10)19(17)22(20,21)7(15,16)6(12,13)14. The zero-order chi connectivity index (χ0) is 17.7. The molecule has 1 aromatic heterocycles. The third kappa shape index (κ3) is 2.52. The lowest BCUT2D eigenvalue weighted by Crippen LogP contribution is -2.49. The summed E-state index contributed by atoms with van der Waals surface area (Å²) < 4.78 is 144. The van der Waals surface area contributed by atoms with Crippen molar-refractivity contribution in [2.24, 2.45) is 0 Å². The minimum absolute atomic E-state index is 1.83. The number of aromatic nitrogens is 1. The highest BCUT2D eigenvalue weighted by Crippen LogP contribution is 2.43. The molecule has 4 nitrogen and oxygen atoms in total. The summed E-state index contributed by atoms with van der Waals surface area (Å²) in [5.74, 6) is -11.2. The maximum atomic E-state index is 13.2. The van der Waals surface area contributed by atoms with Crippen molar-refractivity contribution >= 4 is 15.7 Å². The van der Waals surface area contributed by atoms with Crippen LogP contribution in [0.25, 0.3) is 0 Å². The van der Waals surface area contributed by atoms with Crippen LogP contribution >= 0.6 is 0 Å². The fourth-order valence-electron chi connectivity index (χ4n) is 0.998. The second-order valence-corrected chi connectivity index (χ2v) is 5.19. The summed E-state index contributed by atoms with van der Waals surface area (Å²) in [4.78, 5) is 1.83. The van der Waals surface area contributed by atoms with E-state index < -0.39 is 55.2 Å². The molecule has 0 atom stereocenters. The van der Waals surface area contributed by atoms with Crippen molar-refractivity contribution in [3.8, 4) is 0 Å². The van der Waals surface area contributed by atoms with Crippen LogP contribution in [0.15, 0.2) is 0 Å². The fourth-order valence-corrected chi connectivity index (χ4v) is 1.89. The summed E-state index contributed by atoms with van der Waals surface area (Å²) in [7, 11) is -7.46. The Balaban J connectivity index is 3.61. The first-order valence-corrected chi connectivity index (χ1v) is 5.95. The van der Waals surface area contributed by atoms with E-state index in [1.807, 2.05) is 4.98 Å². The van der Waals surface area contributed by atoms with Gasteiger partial charge in [0.2, 0.25) is 11.6 Å². The number of anilines is 1. The molecule has 0 saturated carbocycles. The van der Waals surface area contributed by atoms with Crippen molar-refractivity contribution in [3.05, 3.63) is 23.5 Å². The number of nitrogens with zero attached hydrogens (tertiary/aromatic N) is 2. The molecule has 15 heteroatoms. The van der Waals surface area contributed by atoms with Crippen LogP contribution in [0.2, 0.25) is 0 Å². The van der Waals surface area contributed by atoms with Gasteiger partial charge in [-0.25, -0.2) is 0 Å². The minimum Gasteiger partial charge on any atom is -0.199 e. The molecule has 0 aliphatic rings. The molecule has 1 aromatic rings. The van der Waals surface area contributed by atoms with Crippen LogP contribution in [0.3, 0.4) is 0 Å². The van der Waals surface area contributed by atoms with Crippen LogP contribution in [0.5, 0.6) is 0 Å². The van der Waals surface area contributed by atoms with Gasteiger partial charge in [-0.1, -0.05) is 9.01 Å². The Morgan fingerprint density at radius 1 is 0.864 bits per heavy atom. The number of alkyl halides is 5. The minimum atomic E-state index is -7.46. The lowest BCUT2D eigenvalue weighted by Gasteiger charge is -2.23. The molecule has 0 aliphatic heterocycles. The first-order valence-electron chi connectivity index (χ1n) is 4.51. The third-order valence-corrected chi connectivity index (χ3v) is 3.50. The number of sulfonamides is 1. The van der Waals surface area contributed by atoms with Crippen molar-refractivity contribution in [1.29, 1.82) is 0 Å². The van der Waals surface area contributed by atoms with Crippen LogP contribution in [0.4, 0.5) is 49.7 Å². The highest BCUT2D eigenvalue weighted by Gasteiger charge is 2.70. The zero-order valence-electron chi connectivity index (χ0n) is 9.40. The molecule has 0 fully saturated rings. The SMILES string of the molecule is O=S(=O)(N(F)c1c(F)c(F)nc(F)c1F)C(F)(F)C(F)(F)F. The Bertz CT molecular complexity index is 674. The Labute approximate surface area is 113 Å². The number of pyridine rings is 1. The normalized spacial score (nSPS) is 13.4. The highest BCUT2D eigenvalue weighted by molar-refractivity contribution is 7.93. The van der Waals surface area contributed by atoms with Crippen LogP contribution in [-0.4, -0.2) is 24.8 Å². The molecule has 0 amide bonds. The maximum Gasteiger partial charge on any atom is 0.471 e. The molecule has 0 unspecified atom stereocenters. The average molecular weight is 366 g/mol. The second kappa shape index (κ2) is 5.13. The molecule has 0 N–H and O–H groups in total. The molecule has 0 aliphatic carbocycles. The molecular weight excluding hydrogens is 366 g/mol. The Morgan fingerprint density at radius 2 is 1.23 bits per heavy atom. The van der Waals surface area contributed by atoms with Gasteiger partial charge in [0.25, 0.3) is 11.9 Å². The summed E-state index contributed by atoms with van der Waals surface area (Å²) >= 11 is 0. The molecule has 1 rings (SSSR count). The summed E-state index contributed by atoms with van der Waals surface area (Å²) in [5, 5.41) is -6.84. The number of halogens is 10. The number of rotatable bonds is 3.